The van der Waals surface area contributed by atoms with Crippen LogP contribution >= 0.6 is 0 Å². The maximum absolute atomic E-state index is 13.0. The van der Waals surface area contributed by atoms with Gasteiger partial charge in [-0.2, -0.15) is 0 Å². The Hall–Kier alpha value is -1.95. The molecular weight excluding hydrogens is 332 g/mol. The number of morpholine rings is 1. The third-order valence-electron chi connectivity index (χ3n) is 5.49. The third-order valence-corrected chi connectivity index (χ3v) is 5.49. The largest absolute Gasteiger partial charge is 0.497 e. The van der Waals surface area contributed by atoms with E-state index in [4.69, 9.17) is 14.2 Å². The lowest BCUT2D eigenvalue weighted by Gasteiger charge is -2.47. The maximum Gasteiger partial charge on any atom is 0.322 e. The molecule has 1 heterocycles. The molecule has 2 amide bonds. The first-order valence-electron chi connectivity index (χ1n) is 9.43. The number of amides is 2. The average molecular weight is 362 g/mol. The first kappa shape index (κ1) is 18.8. The number of ether oxygens (including phenoxy) is 3. The molecule has 2 fully saturated rings. The Morgan fingerprint density at radius 2 is 1.96 bits per heavy atom. The smallest absolute Gasteiger partial charge is 0.322 e. The van der Waals surface area contributed by atoms with Gasteiger partial charge in [0.1, 0.15) is 11.5 Å². The van der Waals surface area contributed by atoms with Crippen LogP contribution in [-0.2, 0) is 4.74 Å². The fraction of sp³-hybridized carbons (Fsp3) is 0.650. The number of urea groups is 1. The van der Waals surface area contributed by atoms with Crippen LogP contribution in [0.3, 0.4) is 0 Å². The summed E-state index contributed by atoms with van der Waals surface area (Å²) in [6.45, 7) is 5.24. The van der Waals surface area contributed by atoms with E-state index in [1.165, 1.54) is 19.3 Å². The maximum atomic E-state index is 13.0. The van der Waals surface area contributed by atoms with Crippen molar-refractivity contribution in [2.45, 2.75) is 57.7 Å². The zero-order valence-corrected chi connectivity index (χ0v) is 16.3. The van der Waals surface area contributed by atoms with E-state index in [0.29, 0.717) is 30.3 Å². The van der Waals surface area contributed by atoms with Crippen LogP contribution in [-0.4, -0.2) is 49.9 Å². The molecule has 1 saturated heterocycles. The van der Waals surface area contributed by atoms with Gasteiger partial charge >= 0.3 is 6.03 Å². The van der Waals surface area contributed by atoms with E-state index < -0.39 is 0 Å². The molecule has 1 N–H and O–H groups in total. The molecule has 6 nitrogen and oxygen atoms in total. The van der Waals surface area contributed by atoms with Gasteiger partial charge in [-0.25, -0.2) is 4.79 Å². The first-order chi connectivity index (χ1) is 12.5. The predicted molar refractivity (Wildman–Crippen MR) is 101 cm³/mol. The number of hydrogen-bond donors (Lipinski definition) is 1. The van der Waals surface area contributed by atoms with E-state index in [0.717, 1.165) is 18.4 Å². The summed E-state index contributed by atoms with van der Waals surface area (Å²) in [6.07, 6.45) is 5.73. The number of carbonyl (C=O) groups excluding carboxylic acids is 1. The lowest BCUT2D eigenvalue weighted by atomic mass is 9.83. The zero-order chi connectivity index (χ0) is 18.7. The molecule has 0 bridgehead atoms. The van der Waals surface area contributed by atoms with Crippen LogP contribution < -0.4 is 14.8 Å². The topological polar surface area (TPSA) is 60.0 Å². The van der Waals surface area contributed by atoms with Crippen LogP contribution in [0.4, 0.5) is 10.5 Å². The van der Waals surface area contributed by atoms with Crippen molar-refractivity contribution in [3.63, 3.8) is 0 Å². The Kier molecular flexibility index (Phi) is 5.61. The fourth-order valence-electron chi connectivity index (χ4n) is 4.17. The standard InChI is InChI=1S/C20H30N2O4/c1-14-12-22(13-20(26-14)8-6-5-7-9-20)19(23)21-17-10-16(24-3)11-18(25-4)15(17)2/h10-11,14H,5-9,12-13H2,1-4H3,(H,21,23). The van der Waals surface area contributed by atoms with E-state index in [1.807, 2.05) is 24.0 Å². The minimum Gasteiger partial charge on any atom is -0.497 e. The van der Waals surface area contributed by atoms with Gasteiger partial charge in [0.15, 0.2) is 0 Å². The summed E-state index contributed by atoms with van der Waals surface area (Å²) >= 11 is 0. The summed E-state index contributed by atoms with van der Waals surface area (Å²) in [7, 11) is 3.22. The second-order valence-corrected chi connectivity index (χ2v) is 7.49. The quantitative estimate of drug-likeness (QED) is 0.884. The molecule has 0 radical (unpaired) electrons. The van der Waals surface area contributed by atoms with Gasteiger partial charge in [-0.3, -0.25) is 0 Å². The molecule has 1 aromatic carbocycles. The molecule has 1 unspecified atom stereocenters. The molecule has 1 aliphatic carbocycles. The van der Waals surface area contributed by atoms with Crippen LogP contribution in [0.5, 0.6) is 11.5 Å². The number of methoxy groups -OCH3 is 2. The summed E-state index contributed by atoms with van der Waals surface area (Å²) in [4.78, 5) is 14.9. The number of rotatable bonds is 3. The Morgan fingerprint density at radius 3 is 2.62 bits per heavy atom. The minimum absolute atomic E-state index is 0.0496. The van der Waals surface area contributed by atoms with E-state index in [2.05, 4.69) is 12.2 Å². The third kappa shape index (κ3) is 3.90. The van der Waals surface area contributed by atoms with E-state index >= 15 is 0 Å². The molecule has 144 valence electrons. The molecule has 1 aliphatic heterocycles. The molecule has 1 aromatic rings. The van der Waals surface area contributed by atoms with Gasteiger partial charge in [0.25, 0.3) is 0 Å². The van der Waals surface area contributed by atoms with Crippen LogP contribution in [0.1, 0.15) is 44.6 Å². The normalized spacial score (nSPS) is 22.2. The SMILES string of the molecule is COc1cc(NC(=O)N2CC(C)OC3(CCCCC3)C2)c(C)c(OC)c1. The molecule has 6 heteroatoms. The van der Waals surface area contributed by atoms with Gasteiger partial charge in [0.2, 0.25) is 0 Å². The highest BCUT2D eigenvalue weighted by atomic mass is 16.5. The Balaban J connectivity index is 1.77. The van der Waals surface area contributed by atoms with E-state index in [9.17, 15) is 4.79 Å². The van der Waals surface area contributed by atoms with Gasteiger partial charge in [0.05, 0.1) is 38.2 Å². The highest BCUT2D eigenvalue weighted by Crippen LogP contribution is 2.37. The fourth-order valence-corrected chi connectivity index (χ4v) is 4.17. The Bertz CT molecular complexity index is 655. The van der Waals surface area contributed by atoms with Crippen molar-refractivity contribution in [2.24, 2.45) is 0 Å². The van der Waals surface area contributed by atoms with Crippen LogP contribution in [0, 0.1) is 6.92 Å². The number of anilines is 1. The van der Waals surface area contributed by atoms with Crippen molar-refractivity contribution in [1.29, 1.82) is 0 Å². The Labute approximate surface area is 155 Å². The molecule has 26 heavy (non-hydrogen) atoms. The Morgan fingerprint density at radius 1 is 1.23 bits per heavy atom. The summed E-state index contributed by atoms with van der Waals surface area (Å²) in [5.41, 5.74) is 1.42. The number of hydrogen-bond acceptors (Lipinski definition) is 4. The van der Waals surface area contributed by atoms with Crippen LogP contribution in [0.2, 0.25) is 0 Å². The molecule has 0 aromatic heterocycles. The molecular formula is C20H30N2O4. The molecule has 1 atom stereocenters. The summed E-state index contributed by atoms with van der Waals surface area (Å²) in [6, 6.07) is 3.55. The van der Waals surface area contributed by atoms with E-state index in [1.54, 1.807) is 14.2 Å². The summed E-state index contributed by atoms with van der Waals surface area (Å²) < 4.78 is 17.0. The van der Waals surface area contributed by atoms with Crippen molar-refractivity contribution in [3.05, 3.63) is 17.7 Å². The van der Waals surface area contributed by atoms with Crippen LogP contribution in [0.25, 0.3) is 0 Å². The summed E-state index contributed by atoms with van der Waals surface area (Å²) in [5.74, 6) is 1.35. The second kappa shape index (κ2) is 7.74. The molecule has 1 spiro atoms. The van der Waals surface area contributed by atoms with E-state index in [-0.39, 0.29) is 17.7 Å². The highest BCUT2D eigenvalue weighted by molar-refractivity contribution is 5.91. The number of nitrogens with one attached hydrogen (secondary N) is 1. The number of carbonyl (C=O) groups is 1. The molecule has 1 saturated carbocycles. The van der Waals surface area contributed by atoms with Gasteiger partial charge < -0.3 is 24.4 Å². The van der Waals surface area contributed by atoms with Gasteiger partial charge in [-0.05, 0) is 26.7 Å². The zero-order valence-electron chi connectivity index (χ0n) is 16.3. The van der Waals surface area contributed by atoms with Crippen molar-refractivity contribution < 1.29 is 19.0 Å². The molecule has 3 rings (SSSR count). The number of benzene rings is 1. The number of nitrogens with zero attached hydrogens (tertiary/aromatic N) is 1. The van der Waals surface area contributed by atoms with Gasteiger partial charge in [-0.15, -0.1) is 0 Å². The average Bonchev–Trinajstić information content (AvgIpc) is 2.63. The van der Waals surface area contributed by atoms with Crippen molar-refractivity contribution >= 4 is 11.7 Å². The lowest BCUT2D eigenvalue weighted by Crippen LogP contribution is -2.58. The minimum atomic E-state index is -0.172. The predicted octanol–water partition coefficient (Wildman–Crippen LogP) is 3.97. The highest BCUT2D eigenvalue weighted by Gasteiger charge is 2.41. The van der Waals surface area contributed by atoms with Crippen LogP contribution in [0.15, 0.2) is 12.1 Å². The molecule has 2 aliphatic rings. The lowest BCUT2D eigenvalue weighted by molar-refractivity contribution is -0.152. The first-order valence-corrected chi connectivity index (χ1v) is 9.43. The van der Waals surface area contributed by atoms with Crippen molar-refractivity contribution in [1.82, 2.24) is 4.90 Å². The summed E-state index contributed by atoms with van der Waals surface area (Å²) in [5, 5.41) is 3.04. The van der Waals surface area contributed by atoms with Crippen molar-refractivity contribution in [3.8, 4) is 11.5 Å². The van der Waals surface area contributed by atoms with Gasteiger partial charge in [-0.1, -0.05) is 19.3 Å². The van der Waals surface area contributed by atoms with Crippen molar-refractivity contribution in [2.75, 3.05) is 32.6 Å². The monoisotopic (exact) mass is 362 g/mol. The van der Waals surface area contributed by atoms with Gasteiger partial charge in [0, 0.05) is 24.2 Å². The second-order valence-electron chi connectivity index (χ2n) is 7.49.